The summed E-state index contributed by atoms with van der Waals surface area (Å²) < 4.78 is 1.80. The molecule has 136 valence electrons. The van der Waals surface area contributed by atoms with Crippen molar-refractivity contribution in [1.29, 1.82) is 0 Å². The van der Waals surface area contributed by atoms with Gasteiger partial charge in [-0.25, -0.2) is 15.0 Å². The van der Waals surface area contributed by atoms with Gasteiger partial charge in [0.05, 0.1) is 6.20 Å². The Balaban J connectivity index is 1.55. The number of nitrogens with one attached hydrogen (secondary N) is 1. The lowest BCUT2D eigenvalue weighted by atomic mass is 10.1. The number of hydrogen-bond donors (Lipinski definition) is 1. The van der Waals surface area contributed by atoms with Gasteiger partial charge >= 0.3 is 0 Å². The third-order valence-electron chi connectivity index (χ3n) is 4.34. The number of aromatic nitrogens is 5. The Kier molecular flexibility index (Phi) is 4.73. The molecule has 0 saturated heterocycles. The molecule has 0 aliphatic carbocycles. The smallest absolute Gasteiger partial charge is 0.162 e. The Morgan fingerprint density at radius 1 is 1.11 bits per heavy atom. The maximum atomic E-state index is 6.22. The van der Waals surface area contributed by atoms with Crippen LogP contribution in [0.1, 0.15) is 30.9 Å². The van der Waals surface area contributed by atoms with Gasteiger partial charge < -0.3 is 5.32 Å². The lowest BCUT2D eigenvalue weighted by Crippen LogP contribution is -2.06. The Hall–Kier alpha value is -2.99. The van der Waals surface area contributed by atoms with Gasteiger partial charge in [0.15, 0.2) is 11.5 Å². The number of benzene rings is 1. The molecule has 0 saturated carbocycles. The fourth-order valence-corrected chi connectivity index (χ4v) is 3.08. The zero-order valence-corrected chi connectivity index (χ0v) is 15.9. The van der Waals surface area contributed by atoms with Gasteiger partial charge in [-0.1, -0.05) is 49.7 Å². The molecule has 0 aliphatic heterocycles. The normalized spacial score (nSPS) is 11.3. The van der Waals surface area contributed by atoms with Gasteiger partial charge in [0, 0.05) is 36.1 Å². The molecule has 0 radical (unpaired) electrons. The molecule has 0 unspecified atom stereocenters. The second-order valence-electron chi connectivity index (χ2n) is 6.58. The van der Waals surface area contributed by atoms with Crippen molar-refractivity contribution < 1.29 is 0 Å². The molecule has 3 aromatic heterocycles. The first-order valence-corrected chi connectivity index (χ1v) is 9.14. The lowest BCUT2D eigenvalue weighted by molar-refractivity contribution is 0.871. The van der Waals surface area contributed by atoms with Crippen LogP contribution in [0.4, 0.5) is 5.82 Å². The van der Waals surface area contributed by atoms with E-state index >= 15 is 0 Å². The molecule has 27 heavy (non-hydrogen) atoms. The van der Waals surface area contributed by atoms with Crippen molar-refractivity contribution in [2.75, 3.05) is 5.32 Å². The number of nitrogens with zero attached hydrogens (tertiary/aromatic N) is 5. The molecule has 1 aromatic carbocycles. The molecule has 6 nitrogen and oxygen atoms in total. The molecule has 4 rings (SSSR count). The Morgan fingerprint density at radius 3 is 2.56 bits per heavy atom. The predicted octanol–water partition coefficient (Wildman–Crippen LogP) is 4.58. The summed E-state index contributed by atoms with van der Waals surface area (Å²) >= 11 is 6.22. The maximum Gasteiger partial charge on any atom is 0.162 e. The topological polar surface area (TPSA) is 68.0 Å². The lowest BCUT2D eigenvalue weighted by Gasteiger charge is -2.10. The SMILES string of the molecule is CC(C)c1cnn2c(NCc3ccc(-c4ncccn4)cc3)cc(Cl)nc12. The quantitative estimate of drug-likeness (QED) is 0.515. The van der Waals surface area contributed by atoms with Gasteiger partial charge in [-0.2, -0.15) is 9.61 Å². The van der Waals surface area contributed by atoms with Gasteiger partial charge in [-0.3, -0.25) is 0 Å². The first kappa shape index (κ1) is 17.4. The highest BCUT2D eigenvalue weighted by Crippen LogP contribution is 2.24. The van der Waals surface area contributed by atoms with Crippen molar-refractivity contribution in [3.8, 4) is 11.4 Å². The third kappa shape index (κ3) is 3.61. The summed E-state index contributed by atoms with van der Waals surface area (Å²) in [5, 5.41) is 8.31. The summed E-state index contributed by atoms with van der Waals surface area (Å²) in [7, 11) is 0. The molecule has 3 heterocycles. The van der Waals surface area contributed by atoms with E-state index in [2.05, 4.69) is 51.3 Å². The van der Waals surface area contributed by atoms with Gasteiger partial charge in [0.1, 0.15) is 11.0 Å². The van der Waals surface area contributed by atoms with E-state index in [1.165, 1.54) is 0 Å². The summed E-state index contributed by atoms with van der Waals surface area (Å²) in [6.45, 7) is 4.87. The number of hydrogen-bond acceptors (Lipinski definition) is 5. The fourth-order valence-electron chi connectivity index (χ4n) is 2.90. The molecule has 0 bridgehead atoms. The van der Waals surface area contributed by atoms with Gasteiger partial charge in [-0.05, 0) is 17.5 Å². The third-order valence-corrected chi connectivity index (χ3v) is 4.54. The first-order chi connectivity index (χ1) is 13.1. The van der Waals surface area contributed by atoms with Crippen LogP contribution < -0.4 is 5.32 Å². The molecule has 1 N–H and O–H groups in total. The number of fused-ring (bicyclic) bond motifs is 1. The van der Waals surface area contributed by atoms with E-state index in [4.69, 9.17) is 11.6 Å². The summed E-state index contributed by atoms with van der Waals surface area (Å²) in [4.78, 5) is 13.0. The van der Waals surface area contributed by atoms with E-state index in [0.29, 0.717) is 17.6 Å². The van der Waals surface area contributed by atoms with Crippen molar-refractivity contribution in [1.82, 2.24) is 24.6 Å². The Labute approximate surface area is 162 Å². The van der Waals surface area contributed by atoms with E-state index in [0.717, 1.165) is 34.0 Å². The monoisotopic (exact) mass is 378 g/mol. The molecular formula is C20H19ClN6. The van der Waals surface area contributed by atoms with Crippen LogP contribution in [0, 0.1) is 0 Å². The number of halogens is 1. The minimum Gasteiger partial charge on any atom is -0.366 e. The van der Waals surface area contributed by atoms with Crippen molar-refractivity contribution in [3.05, 3.63) is 71.3 Å². The molecule has 4 aromatic rings. The largest absolute Gasteiger partial charge is 0.366 e. The van der Waals surface area contributed by atoms with E-state index < -0.39 is 0 Å². The predicted molar refractivity (Wildman–Crippen MR) is 107 cm³/mol. The van der Waals surface area contributed by atoms with Crippen LogP contribution in [0.5, 0.6) is 0 Å². The van der Waals surface area contributed by atoms with E-state index in [1.807, 2.05) is 24.4 Å². The van der Waals surface area contributed by atoms with Crippen molar-refractivity contribution >= 4 is 23.1 Å². The summed E-state index contributed by atoms with van der Waals surface area (Å²) in [6, 6.07) is 11.8. The second kappa shape index (κ2) is 7.32. The van der Waals surface area contributed by atoms with E-state index in [-0.39, 0.29) is 0 Å². The van der Waals surface area contributed by atoms with E-state index in [9.17, 15) is 0 Å². The Morgan fingerprint density at radius 2 is 1.85 bits per heavy atom. The van der Waals surface area contributed by atoms with Crippen molar-refractivity contribution in [3.63, 3.8) is 0 Å². The molecular weight excluding hydrogens is 360 g/mol. The fraction of sp³-hybridized carbons (Fsp3) is 0.200. The van der Waals surface area contributed by atoms with E-state index in [1.54, 1.807) is 23.0 Å². The zero-order chi connectivity index (χ0) is 18.8. The van der Waals surface area contributed by atoms with Crippen LogP contribution in [0.25, 0.3) is 17.0 Å². The van der Waals surface area contributed by atoms with Crippen LogP contribution >= 0.6 is 11.6 Å². The number of anilines is 1. The van der Waals surface area contributed by atoms with Crippen LogP contribution in [0.15, 0.2) is 55.0 Å². The number of rotatable bonds is 5. The molecule has 0 fully saturated rings. The summed E-state index contributed by atoms with van der Waals surface area (Å²) in [5.74, 6) is 1.86. The van der Waals surface area contributed by atoms with Crippen LogP contribution in [0.2, 0.25) is 5.15 Å². The van der Waals surface area contributed by atoms with Crippen LogP contribution in [0.3, 0.4) is 0 Å². The maximum absolute atomic E-state index is 6.22. The van der Waals surface area contributed by atoms with Crippen molar-refractivity contribution in [2.24, 2.45) is 0 Å². The second-order valence-corrected chi connectivity index (χ2v) is 6.96. The molecule has 0 aliphatic rings. The van der Waals surface area contributed by atoms with Crippen LogP contribution in [-0.4, -0.2) is 24.6 Å². The van der Waals surface area contributed by atoms with Gasteiger partial charge in [0.2, 0.25) is 0 Å². The highest BCUT2D eigenvalue weighted by atomic mass is 35.5. The average Bonchev–Trinajstić information content (AvgIpc) is 3.11. The van der Waals surface area contributed by atoms with Gasteiger partial charge in [-0.15, -0.1) is 0 Å². The Bertz CT molecular complexity index is 1060. The highest BCUT2D eigenvalue weighted by Gasteiger charge is 2.13. The van der Waals surface area contributed by atoms with Crippen LogP contribution in [-0.2, 0) is 6.54 Å². The summed E-state index contributed by atoms with van der Waals surface area (Å²) in [6.07, 6.45) is 5.33. The minimum absolute atomic E-state index is 0.328. The highest BCUT2D eigenvalue weighted by molar-refractivity contribution is 6.29. The zero-order valence-electron chi connectivity index (χ0n) is 15.1. The van der Waals surface area contributed by atoms with Crippen molar-refractivity contribution in [2.45, 2.75) is 26.3 Å². The first-order valence-electron chi connectivity index (χ1n) is 8.76. The molecule has 7 heteroatoms. The molecule has 0 spiro atoms. The standard InChI is InChI=1S/C20H19ClN6/c1-13(2)16-12-25-27-18(10-17(21)26-20(16)27)24-11-14-4-6-15(7-5-14)19-22-8-3-9-23-19/h3-10,12-13,24H,11H2,1-2H3. The van der Waals surface area contributed by atoms with Gasteiger partial charge in [0.25, 0.3) is 0 Å². The molecule has 0 atom stereocenters. The minimum atomic E-state index is 0.328. The average molecular weight is 379 g/mol. The summed E-state index contributed by atoms with van der Waals surface area (Å²) in [5.41, 5.74) is 3.98. The molecule has 0 amide bonds.